The van der Waals surface area contributed by atoms with E-state index in [4.69, 9.17) is 0 Å². The number of alkyl halides is 3. The number of hydrogen-bond acceptors (Lipinski definition) is 2. The van der Waals surface area contributed by atoms with Gasteiger partial charge in [-0.3, -0.25) is 0 Å². The molecule has 0 amide bonds. The minimum Gasteiger partial charge on any atom is -0.332 e. The van der Waals surface area contributed by atoms with Gasteiger partial charge >= 0.3 is 6.18 Å². The minimum absolute atomic E-state index is 0.184. The van der Waals surface area contributed by atoms with Gasteiger partial charge in [-0.1, -0.05) is 25.5 Å². The Hall–Kier alpha value is -2.09. The van der Waals surface area contributed by atoms with E-state index in [0.29, 0.717) is 12.6 Å². The molecule has 0 bridgehead atoms. The normalized spacial score (nSPS) is 13.2. The average molecular weight is 358 g/mol. The van der Waals surface area contributed by atoms with Crippen molar-refractivity contribution < 1.29 is 21.6 Å². The second-order valence-electron chi connectivity index (χ2n) is 5.20. The summed E-state index contributed by atoms with van der Waals surface area (Å²) >= 11 is 0. The standard InChI is InChI=1S/C16H17F3N2O2S/c1-2-3-10-21-11-5-4-9-15(21)20-24(22,23)14-8-6-7-13(12-14)16(17,18)19/h4-9,11-12H,2-3,10H2,1H3. The molecule has 2 aromatic rings. The predicted molar refractivity (Wildman–Crippen MR) is 83.5 cm³/mol. The highest BCUT2D eigenvalue weighted by atomic mass is 32.2. The summed E-state index contributed by atoms with van der Waals surface area (Å²) in [6, 6.07) is 8.46. The Morgan fingerprint density at radius 3 is 2.54 bits per heavy atom. The van der Waals surface area contributed by atoms with Crippen molar-refractivity contribution in [3.8, 4) is 0 Å². The van der Waals surface area contributed by atoms with E-state index >= 15 is 0 Å². The van der Waals surface area contributed by atoms with Crippen LogP contribution in [0.15, 0.2) is 58.0 Å². The third-order valence-electron chi connectivity index (χ3n) is 3.34. The quantitative estimate of drug-likeness (QED) is 0.820. The lowest BCUT2D eigenvalue weighted by atomic mass is 10.2. The Morgan fingerprint density at radius 2 is 1.88 bits per heavy atom. The molecule has 0 aliphatic rings. The zero-order valence-corrected chi connectivity index (χ0v) is 13.8. The summed E-state index contributed by atoms with van der Waals surface area (Å²) in [5.41, 5.74) is -0.839. The van der Waals surface area contributed by atoms with Crippen LogP contribution in [0.1, 0.15) is 25.3 Å². The molecule has 8 heteroatoms. The molecule has 2 rings (SSSR count). The maximum Gasteiger partial charge on any atom is 0.416 e. The number of unbranched alkanes of at least 4 members (excludes halogenated alkanes) is 1. The fourth-order valence-electron chi connectivity index (χ4n) is 2.08. The summed E-state index contributed by atoms with van der Waals surface area (Å²) in [5, 5.41) is 0. The van der Waals surface area contributed by atoms with E-state index in [1.807, 2.05) is 6.92 Å². The molecule has 0 saturated carbocycles. The summed E-state index contributed by atoms with van der Waals surface area (Å²) in [7, 11) is -4.24. The van der Waals surface area contributed by atoms with Gasteiger partial charge in [-0.25, -0.2) is 0 Å². The fourth-order valence-corrected chi connectivity index (χ4v) is 3.12. The molecule has 0 fully saturated rings. The van der Waals surface area contributed by atoms with E-state index in [-0.39, 0.29) is 5.49 Å². The van der Waals surface area contributed by atoms with Crippen LogP contribution < -0.4 is 5.49 Å². The van der Waals surface area contributed by atoms with Gasteiger partial charge in [0.25, 0.3) is 10.0 Å². The molecule has 130 valence electrons. The van der Waals surface area contributed by atoms with Crippen molar-refractivity contribution in [1.29, 1.82) is 0 Å². The molecule has 24 heavy (non-hydrogen) atoms. The highest BCUT2D eigenvalue weighted by Gasteiger charge is 2.31. The number of pyridine rings is 1. The Kier molecular flexibility index (Phi) is 5.48. The minimum atomic E-state index is -4.61. The van der Waals surface area contributed by atoms with Crippen molar-refractivity contribution in [2.45, 2.75) is 37.4 Å². The first kappa shape index (κ1) is 18.3. The van der Waals surface area contributed by atoms with Gasteiger partial charge in [0.1, 0.15) is 5.49 Å². The molecule has 0 radical (unpaired) electrons. The molecular formula is C16H17F3N2O2S. The molecule has 0 N–H and O–H groups in total. The largest absolute Gasteiger partial charge is 0.416 e. The van der Waals surface area contributed by atoms with Gasteiger partial charge in [-0.15, -0.1) is 4.40 Å². The van der Waals surface area contributed by atoms with E-state index in [0.717, 1.165) is 31.0 Å². The lowest BCUT2D eigenvalue weighted by Crippen LogP contribution is -2.21. The van der Waals surface area contributed by atoms with Crippen molar-refractivity contribution >= 4 is 10.0 Å². The smallest absolute Gasteiger partial charge is 0.332 e. The molecule has 0 aliphatic heterocycles. The zero-order chi connectivity index (χ0) is 17.8. The summed E-state index contributed by atoms with van der Waals surface area (Å²) in [6.07, 6.45) is -1.17. The number of hydrogen-bond donors (Lipinski definition) is 0. The molecule has 1 aromatic carbocycles. The van der Waals surface area contributed by atoms with Crippen LogP contribution in [-0.2, 0) is 22.7 Å². The molecule has 0 unspecified atom stereocenters. The number of nitrogens with zero attached hydrogens (tertiary/aromatic N) is 2. The van der Waals surface area contributed by atoms with Gasteiger partial charge in [0.05, 0.1) is 10.5 Å². The second kappa shape index (κ2) is 7.21. The number of sulfonamides is 1. The monoisotopic (exact) mass is 358 g/mol. The summed E-state index contributed by atoms with van der Waals surface area (Å²) in [5.74, 6) is 0. The Bertz CT molecular complexity index is 871. The number of benzene rings is 1. The summed E-state index contributed by atoms with van der Waals surface area (Å²) < 4.78 is 68.4. The van der Waals surface area contributed by atoms with Crippen LogP contribution >= 0.6 is 0 Å². The van der Waals surface area contributed by atoms with E-state index in [9.17, 15) is 21.6 Å². The number of halogens is 3. The SMILES string of the molecule is CCCCn1ccccc1=NS(=O)(=O)c1cccc(C(F)(F)F)c1. The van der Waals surface area contributed by atoms with Crippen LogP contribution in [0.3, 0.4) is 0 Å². The first-order valence-electron chi connectivity index (χ1n) is 7.38. The lowest BCUT2D eigenvalue weighted by Gasteiger charge is -2.08. The molecule has 0 spiro atoms. The van der Waals surface area contributed by atoms with Crippen LogP contribution in [0.4, 0.5) is 13.2 Å². The van der Waals surface area contributed by atoms with Crippen LogP contribution in [0.25, 0.3) is 0 Å². The van der Waals surface area contributed by atoms with Crippen LogP contribution in [-0.4, -0.2) is 13.0 Å². The fraction of sp³-hybridized carbons (Fsp3) is 0.312. The van der Waals surface area contributed by atoms with Gasteiger partial charge in [0.15, 0.2) is 0 Å². The van der Waals surface area contributed by atoms with Crippen molar-refractivity contribution in [3.05, 3.63) is 59.7 Å². The molecular weight excluding hydrogens is 341 g/mol. The van der Waals surface area contributed by atoms with E-state index in [1.54, 1.807) is 22.9 Å². The molecule has 0 aliphatic carbocycles. The maximum atomic E-state index is 12.8. The molecule has 0 atom stereocenters. The topological polar surface area (TPSA) is 51.4 Å². The third kappa shape index (κ3) is 4.47. The lowest BCUT2D eigenvalue weighted by molar-refractivity contribution is -0.137. The van der Waals surface area contributed by atoms with E-state index in [2.05, 4.69) is 4.40 Å². The maximum absolute atomic E-state index is 12.8. The predicted octanol–water partition coefficient (Wildman–Crippen LogP) is 3.60. The van der Waals surface area contributed by atoms with Crippen LogP contribution in [0.2, 0.25) is 0 Å². The van der Waals surface area contributed by atoms with Crippen molar-refractivity contribution in [2.75, 3.05) is 0 Å². The Morgan fingerprint density at radius 1 is 1.12 bits per heavy atom. The van der Waals surface area contributed by atoms with Gasteiger partial charge in [0.2, 0.25) is 0 Å². The molecule has 4 nitrogen and oxygen atoms in total. The van der Waals surface area contributed by atoms with Crippen LogP contribution in [0.5, 0.6) is 0 Å². The number of aryl methyl sites for hydroxylation is 1. The Balaban J connectivity index is 2.49. The number of rotatable bonds is 5. The van der Waals surface area contributed by atoms with E-state index in [1.165, 1.54) is 6.07 Å². The van der Waals surface area contributed by atoms with Gasteiger partial charge in [-0.2, -0.15) is 21.6 Å². The average Bonchev–Trinajstić information content (AvgIpc) is 2.53. The molecule has 0 saturated heterocycles. The summed E-state index contributed by atoms with van der Waals surface area (Å²) in [4.78, 5) is -0.483. The van der Waals surface area contributed by atoms with Gasteiger partial charge in [-0.05, 0) is 36.8 Å². The highest BCUT2D eigenvalue weighted by Crippen LogP contribution is 2.30. The van der Waals surface area contributed by atoms with Gasteiger partial charge < -0.3 is 4.57 Å². The van der Waals surface area contributed by atoms with Crippen LogP contribution in [0, 0.1) is 0 Å². The van der Waals surface area contributed by atoms with Gasteiger partial charge in [0, 0.05) is 12.7 Å². The first-order chi connectivity index (χ1) is 11.2. The van der Waals surface area contributed by atoms with Crippen molar-refractivity contribution in [3.63, 3.8) is 0 Å². The highest BCUT2D eigenvalue weighted by molar-refractivity contribution is 7.90. The van der Waals surface area contributed by atoms with Crippen molar-refractivity contribution in [1.82, 2.24) is 4.57 Å². The van der Waals surface area contributed by atoms with Crippen molar-refractivity contribution in [2.24, 2.45) is 4.40 Å². The number of aromatic nitrogens is 1. The summed E-state index contributed by atoms with van der Waals surface area (Å²) in [6.45, 7) is 2.58. The Labute approximate surface area is 138 Å². The molecule has 1 heterocycles. The first-order valence-corrected chi connectivity index (χ1v) is 8.82. The third-order valence-corrected chi connectivity index (χ3v) is 4.62. The molecule has 1 aromatic heterocycles. The zero-order valence-electron chi connectivity index (χ0n) is 13.0. The second-order valence-corrected chi connectivity index (χ2v) is 6.80. The van der Waals surface area contributed by atoms with E-state index < -0.39 is 26.7 Å².